The van der Waals surface area contributed by atoms with E-state index in [1.165, 1.54) is 29.6 Å². The Morgan fingerprint density at radius 3 is 2.52 bits per heavy atom. The third-order valence-corrected chi connectivity index (χ3v) is 6.65. The van der Waals surface area contributed by atoms with Gasteiger partial charge in [0.25, 0.3) is 0 Å². The average Bonchev–Trinajstić information content (AvgIpc) is 3.33. The summed E-state index contributed by atoms with van der Waals surface area (Å²) in [6.45, 7) is 5.55. The van der Waals surface area contributed by atoms with E-state index in [0.29, 0.717) is 42.1 Å². The summed E-state index contributed by atoms with van der Waals surface area (Å²) in [5, 5.41) is 8.34. The zero-order valence-electron chi connectivity index (χ0n) is 17.2. The molecule has 9 nitrogen and oxygen atoms in total. The van der Waals surface area contributed by atoms with E-state index in [1.807, 2.05) is 25.1 Å². The molecule has 1 aliphatic heterocycles. The molecular formula is C20H22N6O3S2. The van der Waals surface area contributed by atoms with Gasteiger partial charge < -0.3 is 15.1 Å². The lowest BCUT2D eigenvalue weighted by Crippen LogP contribution is -2.51. The van der Waals surface area contributed by atoms with Gasteiger partial charge in [0.1, 0.15) is 0 Å². The molecule has 0 aliphatic carbocycles. The van der Waals surface area contributed by atoms with E-state index in [-0.39, 0.29) is 24.3 Å². The van der Waals surface area contributed by atoms with Crippen LogP contribution in [0.3, 0.4) is 0 Å². The first-order chi connectivity index (χ1) is 14.9. The maximum atomic E-state index is 12.4. The highest BCUT2D eigenvalue weighted by molar-refractivity contribution is 7.22. The molecule has 0 unspecified atom stereocenters. The van der Waals surface area contributed by atoms with Crippen LogP contribution in [-0.4, -0.2) is 63.8 Å². The molecule has 0 radical (unpaired) electrons. The van der Waals surface area contributed by atoms with Crippen molar-refractivity contribution in [3.8, 4) is 0 Å². The summed E-state index contributed by atoms with van der Waals surface area (Å²) in [6, 6.07) is 5.71. The highest BCUT2D eigenvalue weighted by Gasteiger charge is 2.23. The van der Waals surface area contributed by atoms with Gasteiger partial charge in [0.05, 0.1) is 22.3 Å². The molecule has 4 amide bonds. The fourth-order valence-electron chi connectivity index (χ4n) is 3.25. The van der Waals surface area contributed by atoms with Crippen molar-refractivity contribution in [2.24, 2.45) is 0 Å². The van der Waals surface area contributed by atoms with Crippen LogP contribution >= 0.6 is 22.7 Å². The number of urea groups is 1. The van der Waals surface area contributed by atoms with Gasteiger partial charge in [0, 0.05) is 38.5 Å². The third kappa shape index (κ3) is 5.17. The summed E-state index contributed by atoms with van der Waals surface area (Å²) in [7, 11) is 0. The Kier molecular flexibility index (Phi) is 6.14. The number of benzene rings is 1. The molecule has 0 bridgehead atoms. The Hall–Kier alpha value is -3.05. The number of nitrogens with zero attached hydrogens (tertiary/aromatic N) is 4. The summed E-state index contributed by atoms with van der Waals surface area (Å²) >= 11 is 2.71. The van der Waals surface area contributed by atoms with E-state index in [2.05, 4.69) is 20.6 Å². The van der Waals surface area contributed by atoms with Crippen LogP contribution < -0.4 is 10.6 Å². The highest BCUT2D eigenvalue weighted by atomic mass is 32.1. The molecule has 0 spiro atoms. The molecule has 1 aromatic carbocycles. The zero-order valence-corrected chi connectivity index (χ0v) is 18.8. The number of carbonyl (C=O) groups is 3. The van der Waals surface area contributed by atoms with Gasteiger partial charge in [-0.25, -0.2) is 14.8 Å². The van der Waals surface area contributed by atoms with Crippen molar-refractivity contribution < 1.29 is 14.4 Å². The van der Waals surface area contributed by atoms with Crippen LogP contribution in [0.2, 0.25) is 0 Å². The van der Waals surface area contributed by atoms with E-state index in [1.54, 1.807) is 15.2 Å². The van der Waals surface area contributed by atoms with Gasteiger partial charge in [-0.05, 0) is 24.6 Å². The Labute approximate surface area is 187 Å². The standard InChI is InChI=1S/C20H22N6O3S2/c1-12-3-4-15-16(9-12)31-19(22-15)23-17(28)10-14-11-30-18(21-14)24-20(29)26-7-5-25(6-8-26)13(2)27/h3-4,9,11H,5-8,10H2,1-2H3,(H,21,24,29)(H,22,23,28). The van der Waals surface area contributed by atoms with Crippen LogP contribution in [0, 0.1) is 6.92 Å². The number of rotatable bonds is 4. The summed E-state index contributed by atoms with van der Waals surface area (Å²) in [6.07, 6.45) is 0.0958. The van der Waals surface area contributed by atoms with Crippen molar-refractivity contribution in [2.75, 3.05) is 36.8 Å². The number of aryl methyl sites for hydroxylation is 1. The lowest BCUT2D eigenvalue weighted by Gasteiger charge is -2.33. The number of aromatic nitrogens is 2. The molecule has 31 heavy (non-hydrogen) atoms. The van der Waals surface area contributed by atoms with Crippen molar-refractivity contribution in [3.63, 3.8) is 0 Å². The van der Waals surface area contributed by atoms with Crippen molar-refractivity contribution in [2.45, 2.75) is 20.3 Å². The number of hydrogen-bond acceptors (Lipinski definition) is 7. The SMILES string of the molecule is CC(=O)N1CCN(C(=O)Nc2nc(CC(=O)Nc3nc4ccc(C)cc4s3)cs2)CC1. The van der Waals surface area contributed by atoms with Crippen LogP contribution in [0.5, 0.6) is 0 Å². The van der Waals surface area contributed by atoms with E-state index >= 15 is 0 Å². The first-order valence-electron chi connectivity index (χ1n) is 9.80. The van der Waals surface area contributed by atoms with Gasteiger partial charge in [-0.1, -0.05) is 17.4 Å². The van der Waals surface area contributed by atoms with Crippen LogP contribution in [0.15, 0.2) is 23.6 Å². The van der Waals surface area contributed by atoms with Crippen LogP contribution in [-0.2, 0) is 16.0 Å². The molecule has 4 rings (SSSR count). The Morgan fingerprint density at radius 1 is 1.03 bits per heavy atom. The lowest BCUT2D eigenvalue weighted by molar-refractivity contribution is -0.130. The summed E-state index contributed by atoms with van der Waals surface area (Å²) in [5.41, 5.74) is 2.58. The molecule has 0 saturated carbocycles. The molecule has 11 heteroatoms. The normalized spacial score (nSPS) is 14.0. The number of hydrogen-bond donors (Lipinski definition) is 2. The number of thiazole rings is 2. The van der Waals surface area contributed by atoms with Crippen molar-refractivity contribution in [3.05, 3.63) is 34.8 Å². The lowest BCUT2D eigenvalue weighted by atomic mass is 10.2. The molecule has 3 aromatic rings. The fourth-order valence-corrected chi connectivity index (χ4v) is 4.93. The largest absolute Gasteiger partial charge is 0.339 e. The molecule has 1 aliphatic rings. The number of piperazine rings is 1. The van der Waals surface area contributed by atoms with Gasteiger partial charge in [0.2, 0.25) is 11.8 Å². The van der Waals surface area contributed by atoms with E-state index in [4.69, 9.17) is 0 Å². The summed E-state index contributed by atoms with van der Waals surface area (Å²) in [5.74, 6) is -0.192. The van der Waals surface area contributed by atoms with Crippen LogP contribution in [0.4, 0.5) is 15.1 Å². The highest BCUT2D eigenvalue weighted by Crippen LogP contribution is 2.27. The number of carbonyl (C=O) groups excluding carboxylic acids is 3. The second kappa shape index (κ2) is 8.98. The number of anilines is 2. The third-order valence-electron chi connectivity index (χ3n) is 4.91. The number of nitrogens with one attached hydrogen (secondary N) is 2. The van der Waals surface area contributed by atoms with Gasteiger partial charge in [-0.2, -0.15) is 0 Å². The number of amides is 4. The van der Waals surface area contributed by atoms with Gasteiger partial charge >= 0.3 is 6.03 Å². The average molecular weight is 459 g/mol. The smallest absolute Gasteiger partial charge is 0.323 e. The summed E-state index contributed by atoms with van der Waals surface area (Å²) in [4.78, 5) is 48.3. The van der Waals surface area contributed by atoms with Gasteiger partial charge in [-0.15, -0.1) is 11.3 Å². The monoisotopic (exact) mass is 458 g/mol. The molecule has 162 valence electrons. The van der Waals surface area contributed by atoms with Gasteiger partial charge in [0.15, 0.2) is 10.3 Å². The molecule has 1 saturated heterocycles. The first-order valence-corrected chi connectivity index (χ1v) is 11.5. The fraction of sp³-hybridized carbons (Fsp3) is 0.350. The predicted molar refractivity (Wildman–Crippen MR) is 122 cm³/mol. The maximum Gasteiger partial charge on any atom is 0.323 e. The minimum absolute atomic E-state index is 0.0175. The predicted octanol–water partition coefficient (Wildman–Crippen LogP) is 2.94. The Morgan fingerprint density at radius 2 is 1.77 bits per heavy atom. The minimum atomic E-state index is -0.252. The minimum Gasteiger partial charge on any atom is -0.339 e. The molecule has 1 fully saturated rings. The topological polar surface area (TPSA) is 108 Å². The Balaban J connectivity index is 1.29. The molecule has 2 aromatic heterocycles. The molecule has 2 N–H and O–H groups in total. The molecular weight excluding hydrogens is 436 g/mol. The van der Waals surface area contributed by atoms with Gasteiger partial charge in [-0.3, -0.25) is 14.9 Å². The van der Waals surface area contributed by atoms with Crippen LogP contribution in [0.25, 0.3) is 10.2 Å². The first kappa shape index (κ1) is 21.2. The van der Waals surface area contributed by atoms with E-state index in [0.717, 1.165) is 15.8 Å². The Bertz CT molecular complexity index is 1130. The van der Waals surface area contributed by atoms with Crippen molar-refractivity contribution >= 4 is 61.0 Å². The summed E-state index contributed by atoms with van der Waals surface area (Å²) < 4.78 is 1.03. The van der Waals surface area contributed by atoms with Crippen molar-refractivity contribution in [1.82, 2.24) is 19.8 Å². The second-order valence-electron chi connectivity index (χ2n) is 7.28. The van der Waals surface area contributed by atoms with E-state index < -0.39 is 0 Å². The molecule has 0 atom stereocenters. The van der Waals surface area contributed by atoms with E-state index in [9.17, 15) is 14.4 Å². The molecule has 3 heterocycles. The van der Waals surface area contributed by atoms with Crippen molar-refractivity contribution in [1.29, 1.82) is 0 Å². The quantitative estimate of drug-likeness (QED) is 0.625. The zero-order chi connectivity index (χ0) is 22.0. The second-order valence-corrected chi connectivity index (χ2v) is 9.17. The maximum absolute atomic E-state index is 12.4. The number of fused-ring (bicyclic) bond motifs is 1. The van der Waals surface area contributed by atoms with Crippen LogP contribution in [0.1, 0.15) is 18.2 Å².